The van der Waals surface area contributed by atoms with Crippen LogP contribution in [-0.2, 0) is 16.1 Å². The van der Waals surface area contributed by atoms with E-state index < -0.39 is 12.1 Å². The predicted molar refractivity (Wildman–Crippen MR) is 95.2 cm³/mol. The molecule has 134 valence electrons. The largest absolute Gasteiger partial charge is 0.350 e. The molecule has 0 aliphatic carbocycles. The molecule has 1 aromatic carbocycles. The van der Waals surface area contributed by atoms with Crippen molar-refractivity contribution in [2.24, 2.45) is 11.6 Å². The minimum absolute atomic E-state index is 0.0305. The number of hydrogen-bond donors (Lipinski definition) is 2. The van der Waals surface area contributed by atoms with Crippen LogP contribution in [0.3, 0.4) is 0 Å². The number of rotatable bonds is 7. The van der Waals surface area contributed by atoms with Gasteiger partial charge in [-0.2, -0.15) is 5.26 Å². The fourth-order valence-electron chi connectivity index (χ4n) is 2.96. The molecule has 0 spiro atoms. The van der Waals surface area contributed by atoms with Crippen LogP contribution in [0.1, 0.15) is 44.2 Å². The molecule has 0 radical (unpaired) electrons. The fourth-order valence-corrected chi connectivity index (χ4v) is 2.96. The Morgan fingerprint density at radius 3 is 2.80 bits per heavy atom. The van der Waals surface area contributed by atoms with Crippen molar-refractivity contribution in [3.05, 3.63) is 35.4 Å². The van der Waals surface area contributed by atoms with Gasteiger partial charge < -0.3 is 15.9 Å². The van der Waals surface area contributed by atoms with Gasteiger partial charge in [-0.05, 0) is 36.5 Å². The molecule has 1 saturated heterocycles. The summed E-state index contributed by atoms with van der Waals surface area (Å²) in [5, 5.41) is 11.7. The number of carbonyl (C=O) groups excluding carboxylic acids is 2. The zero-order valence-electron chi connectivity index (χ0n) is 15.8. The summed E-state index contributed by atoms with van der Waals surface area (Å²) in [6.07, 6.45) is 2.20. The first kappa shape index (κ1) is 17.4. The lowest BCUT2D eigenvalue weighted by molar-refractivity contribution is -0.140. The molecule has 0 aromatic heterocycles. The highest BCUT2D eigenvalue weighted by molar-refractivity contribution is 5.90. The Bertz CT molecular complexity index is 671. The Morgan fingerprint density at radius 2 is 2.20 bits per heavy atom. The maximum Gasteiger partial charge on any atom is 0.243 e. The first-order valence-electron chi connectivity index (χ1n) is 9.26. The van der Waals surface area contributed by atoms with Crippen LogP contribution in [0.5, 0.6) is 0 Å². The summed E-state index contributed by atoms with van der Waals surface area (Å²) in [4.78, 5) is 27.0. The summed E-state index contributed by atoms with van der Waals surface area (Å²) in [7, 11) is 0. The molecule has 1 fully saturated rings. The summed E-state index contributed by atoms with van der Waals surface area (Å²) in [6.45, 7) is 4.81. The third-order valence-electron chi connectivity index (χ3n) is 4.87. The van der Waals surface area contributed by atoms with E-state index in [1.807, 2.05) is 13.8 Å². The van der Waals surface area contributed by atoms with Crippen LogP contribution < -0.4 is 11.0 Å². The summed E-state index contributed by atoms with van der Waals surface area (Å²) in [5.74, 6) is -0.318. The molecular weight excluding hydrogens is 316 g/mol. The zero-order chi connectivity index (χ0) is 19.1. The second-order valence-electron chi connectivity index (χ2n) is 6.58. The van der Waals surface area contributed by atoms with Gasteiger partial charge in [0.2, 0.25) is 11.8 Å². The lowest BCUT2D eigenvalue weighted by Crippen LogP contribution is -2.52. The molecule has 3 N–H and O–H groups in total. The number of nitrogens with zero attached hydrogens (tertiary/aromatic N) is 2. The molecule has 3 atom stereocenters. The van der Waals surface area contributed by atoms with Crippen LogP contribution in [0.25, 0.3) is 0 Å². The molecule has 2 amide bonds. The molecule has 0 bridgehead atoms. The molecule has 1 aromatic rings. The van der Waals surface area contributed by atoms with Crippen LogP contribution in [0.2, 0.25) is 1.41 Å². The molecule has 1 heterocycles. The van der Waals surface area contributed by atoms with E-state index in [1.165, 1.54) is 0 Å². The summed E-state index contributed by atoms with van der Waals surface area (Å²) in [6, 6.07) is 8.02. The highest BCUT2D eigenvalue weighted by Crippen LogP contribution is 2.20. The van der Waals surface area contributed by atoms with E-state index in [4.69, 9.17) is 6.67 Å². The van der Waals surface area contributed by atoms with Crippen molar-refractivity contribution in [2.45, 2.75) is 51.7 Å². The van der Waals surface area contributed by atoms with Crippen molar-refractivity contribution in [1.29, 1.82) is 5.26 Å². The molecule has 1 aliphatic heterocycles. The standard InChI is InChI=1S/C19H26N4O2/c1-3-13(2)17(21)19(25)23-10-4-5-16(23)18(24)22-12-15-8-6-14(11-20)7-9-15/h6-9,13,16-17H,3-5,10,12,21H2,1-2H3,(H,22,24)/t13?,16-,17?/m0/s1/i/hT. The Kier molecular flexibility index (Phi) is 6.02. The number of hydrogen-bond acceptors (Lipinski definition) is 4. The Labute approximate surface area is 150 Å². The maximum atomic E-state index is 12.8. The maximum absolute atomic E-state index is 12.8. The normalized spacial score (nSPS) is 19.6. The van der Waals surface area contributed by atoms with Gasteiger partial charge >= 0.3 is 0 Å². The van der Waals surface area contributed by atoms with Crippen molar-refractivity contribution in [3.63, 3.8) is 0 Å². The molecular formula is C19H26N4O2. The van der Waals surface area contributed by atoms with Crippen LogP contribution in [0.15, 0.2) is 24.3 Å². The predicted octanol–water partition coefficient (Wildman–Crippen LogP) is 1.54. The van der Waals surface area contributed by atoms with Crippen molar-refractivity contribution in [1.82, 2.24) is 10.2 Å². The monoisotopic (exact) mass is 344 g/mol. The van der Waals surface area contributed by atoms with Crippen molar-refractivity contribution in [2.75, 3.05) is 6.54 Å². The van der Waals surface area contributed by atoms with Gasteiger partial charge in [0.05, 0.1) is 17.7 Å². The Hall–Kier alpha value is -2.39. The molecule has 6 nitrogen and oxygen atoms in total. The van der Waals surface area contributed by atoms with E-state index in [0.29, 0.717) is 25.1 Å². The van der Waals surface area contributed by atoms with Gasteiger partial charge in [0.15, 0.2) is 0 Å². The summed E-state index contributed by atoms with van der Waals surface area (Å²) in [5.41, 5.74) is 3.84. The molecule has 25 heavy (non-hydrogen) atoms. The fraction of sp³-hybridized carbons (Fsp3) is 0.526. The molecule has 0 saturated carbocycles. The Balaban J connectivity index is 1.98. The zero-order valence-corrected chi connectivity index (χ0v) is 14.8. The SMILES string of the molecule is [3H]NC(C(=O)N1CCC[C@H]1C(=O)NCc1ccc(C#N)cc1)C(C)CC. The highest BCUT2D eigenvalue weighted by Gasteiger charge is 2.37. The first-order valence-corrected chi connectivity index (χ1v) is 8.76. The average Bonchev–Trinajstić information content (AvgIpc) is 3.16. The number of carbonyl (C=O) groups is 2. The Morgan fingerprint density at radius 1 is 1.48 bits per heavy atom. The lowest BCUT2D eigenvalue weighted by Gasteiger charge is -2.28. The minimum Gasteiger partial charge on any atom is -0.350 e. The van der Waals surface area contributed by atoms with E-state index >= 15 is 0 Å². The number of nitrogens with one attached hydrogen (secondary N) is 1. The van der Waals surface area contributed by atoms with E-state index in [2.05, 4.69) is 17.1 Å². The van der Waals surface area contributed by atoms with Gasteiger partial charge in [-0.25, -0.2) is 0 Å². The van der Waals surface area contributed by atoms with Crippen LogP contribution in [0, 0.1) is 17.2 Å². The van der Waals surface area contributed by atoms with Gasteiger partial charge in [-0.3, -0.25) is 9.59 Å². The van der Waals surface area contributed by atoms with E-state index in [1.54, 1.807) is 29.2 Å². The second-order valence-corrected chi connectivity index (χ2v) is 6.58. The van der Waals surface area contributed by atoms with Crippen molar-refractivity contribution < 1.29 is 11.0 Å². The van der Waals surface area contributed by atoms with E-state index in [9.17, 15) is 9.59 Å². The van der Waals surface area contributed by atoms with Gasteiger partial charge in [0.1, 0.15) is 7.45 Å². The number of likely N-dealkylation sites (tertiary alicyclic amines) is 1. The van der Waals surface area contributed by atoms with E-state index in [-0.39, 0.29) is 17.7 Å². The van der Waals surface area contributed by atoms with E-state index in [0.717, 1.165) is 18.4 Å². The highest BCUT2D eigenvalue weighted by atomic mass is 16.2. The van der Waals surface area contributed by atoms with Gasteiger partial charge in [-0.1, -0.05) is 32.4 Å². The van der Waals surface area contributed by atoms with Crippen LogP contribution >= 0.6 is 0 Å². The minimum atomic E-state index is -0.591. The second kappa shape index (κ2) is 8.63. The van der Waals surface area contributed by atoms with Crippen LogP contribution in [-0.4, -0.2) is 35.3 Å². The number of benzene rings is 1. The lowest BCUT2D eigenvalue weighted by atomic mass is 9.98. The third kappa shape index (κ3) is 4.58. The van der Waals surface area contributed by atoms with Crippen molar-refractivity contribution in [3.8, 4) is 6.07 Å². The van der Waals surface area contributed by atoms with Crippen LogP contribution in [0.4, 0.5) is 0 Å². The third-order valence-corrected chi connectivity index (χ3v) is 4.87. The molecule has 6 heteroatoms. The molecule has 1 aliphatic rings. The van der Waals surface area contributed by atoms with Gasteiger partial charge in [0.25, 0.3) is 0 Å². The summed E-state index contributed by atoms with van der Waals surface area (Å²) >= 11 is 0. The molecule has 2 unspecified atom stereocenters. The summed E-state index contributed by atoms with van der Waals surface area (Å²) < 4.78 is 7.47. The first-order chi connectivity index (χ1) is 12.5. The molecule has 2 rings (SSSR count). The number of nitrogens with two attached hydrogens (primary N) is 1. The number of nitriles is 1. The van der Waals surface area contributed by atoms with Gasteiger partial charge in [-0.15, -0.1) is 0 Å². The topological polar surface area (TPSA) is 99.2 Å². The quantitative estimate of drug-likeness (QED) is 0.783. The van der Waals surface area contributed by atoms with Crippen molar-refractivity contribution >= 4 is 11.8 Å². The smallest absolute Gasteiger partial charge is 0.243 e. The number of amides is 2. The average molecular weight is 344 g/mol. The van der Waals surface area contributed by atoms with Gasteiger partial charge in [0, 0.05) is 13.1 Å².